The molecule has 0 aliphatic rings. The quantitative estimate of drug-likeness (QED) is 0.0261. The molecular formula is C70H124O6. The summed E-state index contributed by atoms with van der Waals surface area (Å²) >= 11 is 0. The van der Waals surface area contributed by atoms with Crippen molar-refractivity contribution < 1.29 is 28.6 Å². The molecule has 0 radical (unpaired) electrons. The second kappa shape index (κ2) is 64.4. The Morgan fingerprint density at radius 1 is 0.263 bits per heavy atom. The largest absolute Gasteiger partial charge is 0.462 e. The summed E-state index contributed by atoms with van der Waals surface area (Å²) < 4.78 is 16.9. The first-order chi connectivity index (χ1) is 37.5. The third-order valence-corrected chi connectivity index (χ3v) is 14.4. The fourth-order valence-corrected chi connectivity index (χ4v) is 9.46. The average molecular weight is 1060 g/mol. The van der Waals surface area contributed by atoms with E-state index in [0.29, 0.717) is 19.3 Å². The third kappa shape index (κ3) is 61.7. The highest BCUT2D eigenvalue weighted by atomic mass is 16.6. The number of carbonyl (C=O) groups is 3. The molecule has 0 saturated carbocycles. The standard InChI is InChI=1S/C70H124O6/c1-4-7-10-13-16-19-22-25-28-31-34-35-37-39-42-45-48-51-54-57-60-63-69(72)75-66-67(65-74-68(71)62-59-56-53-50-47-44-41-38-33-30-27-24-21-18-15-12-9-6-3)76-70(73)64-61-58-55-52-49-46-43-40-36-32-29-26-23-20-17-14-11-8-5-2/h17,20,22,25-26,29,31,34,36-37,39-40,67H,4-16,18-19,21,23-24,27-28,30,32-33,35,38,41-66H2,1-3H3/b20-17-,25-22-,29-26-,34-31-,39-37-,40-36-. The molecule has 0 rings (SSSR count). The maximum atomic E-state index is 12.9. The zero-order chi connectivity index (χ0) is 55.0. The molecule has 0 aliphatic carbocycles. The zero-order valence-electron chi connectivity index (χ0n) is 50.5. The van der Waals surface area contributed by atoms with Gasteiger partial charge in [-0.2, -0.15) is 0 Å². The highest BCUT2D eigenvalue weighted by Gasteiger charge is 2.19. The van der Waals surface area contributed by atoms with E-state index in [1.54, 1.807) is 0 Å². The van der Waals surface area contributed by atoms with Gasteiger partial charge < -0.3 is 14.2 Å². The monoisotopic (exact) mass is 1060 g/mol. The van der Waals surface area contributed by atoms with Crippen molar-refractivity contribution in [3.8, 4) is 0 Å². The van der Waals surface area contributed by atoms with Crippen LogP contribution in [0.15, 0.2) is 72.9 Å². The number of ether oxygens (including phenoxy) is 3. The molecule has 0 aromatic rings. The van der Waals surface area contributed by atoms with Gasteiger partial charge in [0.05, 0.1) is 0 Å². The molecule has 0 heterocycles. The van der Waals surface area contributed by atoms with Crippen molar-refractivity contribution >= 4 is 17.9 Å². The zero-order valence-corrected chi connectivity index (χ0v) is 50.5. The molecule has 0 bridgehead atoms. The van der Waals surface area contributed by atoms with Crippen LogP contribution >= 0.6 is 0 Å². The molecule has 1 unspecified atom stereocenters. The lowest BCUT2D eigenvalue weighted by Gasteiger charge is -2.18. The van der Waals surface area contributed by atoms with Gasteiger partial charge in [0.1, 0.15) is 13.2 Å². The number of allylic oxidation sites excluding steroid dienone is 12. The van der Waals surface area contributed by atoms with Crippen LogP contribution in [0.2, 0.25) is 0 Å². The second-order valence-electron chi connectivity index (χ2n) is 22.0. The van der Waals surface area contributed by atoms with Gasteiger partial charge in [-0.3, -0.25) is 14.4 Å². The van der Waals surface area contributed by atoms with Gasteiger partial charge in [-0.25, -0.2) is 0 Å². The van der Waals surface area contributed by atoms with Crippen molar-refractivity contribution in [3.05, 3.63) is 72.9 Å². The SMILES string of the molecule is CCCCC/C=C\C/C=C\C/C=C\CCCCCCCCC(=O)OC(COC(=O)CCCCCCCC/C=C\C/C=C\C/C=C\CCCCCCC)COC(=O)CCCCCCCCCCCCCCCCCCCC. The normalized spacial score (nSPS) is 12.5. The van der Waals surface area contributed by atoms with Crippen LogP contribution in [-0.4, -0.2) is 37.2 Å². The van der Waals surface area contributed by atoms with Crippen LogP contribution in [0.5, 0.6) is 0 Å². The van der Waals surface area contributed by atoms with Crippen molar-refractivity contribution in [1.29, 1.82) is 0 Å². The summed E-state index contributed by atoms with van der Waals surface area (Å²) in [5.74, 6) is -0.890. The van der Waals surface area contributed by atoms with E-state index in [1.807, 2.05) is 0 Å². The molecule has 0 amide bonds. The van der Waals surface area contributed by atoms with E-state index in [0.717, 1.165) is 103 Å². The Hall–Kier alpha value is -3.15. The van der Waals surface area contributed by atoms with Crippen molar-refractivity contribution in [1.82, 2.24) is 0 Å². The van der Waals surface area contributed by atoms with Crippen molar-refractivity contribution in [2.75, 3.05) is 13.2 Å². The Kier molecular flexibility index (Phi) is 61.7. The third-order valence-electron chi connectivity index (χ3n) is 14.4. The highest BCUT2D eigenvalue weighted by molar-refractivity contribution is 5.71. The second-order valence-corrected chi connectivity index (χ2v) is 22.0. The molecule has 0 aromatic heterocycles. The van der Waals surface area contributed by atoms with Crippen LogP contribution in [0.25, 0.3) is 0 Å². The molecular weight excluding hydrogens is 937 g/mol. The average Bonchev–Trinajstić information content (AvgIpc) is 3.42. The molecule has 6 nitrogen and oxygen atoms in total. The molecule has 0 aliphatic heterocycles. The van der Waals surface area contributed by atoms with Gasteiger partial charge in [0, 0.05) is 19.3 Å². The van der Waals surface area contributed by atoms with E-state index in [1.165, 1.54) is 193 Å². The lowest BCUT2D eigenvalue weighted by atomic mass is 10.0. The van der Waals surface area contributed by atoms with Gasteiger partial charge in [-0.15, -0.1) is 0 Å². The Balaban J connectivity index is 4.41. The van der Waals surface area contributed by atoms with Gasteiger partial charge in [0.25, 0.3) is 0 Å². The van der Waals surface area contributed by atoms with Crippen LogP contribution in [0.4, 0.5) is 0 Å². The van der Waals surface area contributed by atoms with E-state index >= 15 is 0 Å². The number of unbranched alkanes of at least 4 members (excludes halogenated alkanes) is 37. The smallest absolute Gasteiger partial charge is 0.306 e. The lowest BCUT2D eigenvalue weighted by molar-refractivity contribution is -0.167. The fourth-order valence-electron chi connectivity index (χ4n) is 9.46. The van der Waals surface area contributed by atoms with Crippen LogP contribution in [0.3, 0.4) is 0 Å². The van der Waals surface area contributed by atoms with E-state index < -0.39 is 6.10 Å². The van der Waals surface area contributed by atoms with Gasteiger partial charge in [-0.1, -0.05) is 293 Å². The van der Waals surface area contributed by atoms with Gasteiger partial charge in [-0.05, 0) is 96.3 Å². The van der Waals surface area contributed by atoms with Crippen molar-refractivity contribution in [3.63, 3.8) is 0 Å². The highest BCUT2D eigenvalue weighted by Crippen LogP contribution is 2.17. The predicted molar refractivity (Wildman–Crippen MR) is 330 cm³/mol. The van der Waals surface area contributed by atoms with E-state index in [9.17, 15) is 14.4 Å². The molecule has 1 atom stereocenters. The lowest BCUT2D eigenvalue weighted by Crippen LogP contribution is -2.30. The fraction of sp³-hybridized carbons (Fsp3) is 0.786. The molecule has 0 aromatic carbocycles. The first-order valence-electron chi connectivity index (χ1n) is 32.9. The number of rotatable bonds is 60. The summed E-state index contributed by atoms with van der Waals surface area (Å²) in [4.78, 5) is 38.4. The summed E-state index contributed by atoms with van der Waals surface area (Å²) in [6, 6.07) is 0. The van der Waals surface area contributed by atoms with Crippen LogP contribution in [0.1, 0.15) is 335 Å². The first kappa shape index (κ1) is 72.8. The first-order valence-corrected chi connectivity index (χ1v) is 32.9. The molecule has 6 heteroatoms. The topological polar surface area (TPSA) is 78.9 Å². The van der Waals surface area contributed by atoms with Crippen LogP contribution in [-0.2, 0) is 28.6 Å². The maximum absolute atomic E-state index is 12.9. The van der Waals surface area contributed by atoms with Crippen molar-refractivity contribution in [2.45, 2.75) is 341 Å². The molecule has 0 saturated heterocycles. The Morgan fingerprint density at radius 3 is 0.763 bits per heavy atom. The number of hydrogen-bond acceptors (Lipinski definition) is 6. The van der Waals surface area contributed by atoms with Gasteiger partial charge in [0.2, 0.25) is 0 Å². The molecule has 440 valence electrons. The summed E-state index contributed by atoms with van der Waals surface area (Å²) in [6.07, 6.45) is 83.3. The molecule has 0 N–H and O–H groups in total. The molecule has 76 heavy (non-hydrogen) atoms. The van der Waals surface area contributed by atoms with Crippen molar-refractivity contribution in [2.24, 2.45) is 0 Å². The summed E-state index contributed by atoms with van der Waals surface area (Å²) in [6.45, 7) is 6.63. The van der Waals surface area contributed by atoms with E-state index in [4.69, 9.17) is 14.2 Å². The minimum absolute atomic E-state index is 0.0823. The Labute approximate surface area is 472 Å². The molecule has 0 spiro atoms. The van der Waals surface area contributed by atoms with Crippen LogP contribution in [0, 0.1) is 0 Å². The molecule has 0 fully saturated rings. The minimum Gasteiger partial charge on any atom is -0.462 e. The Morgan fingerprint density at radius 2 is 0.474 bits per heavy atom. The predicted octanol–water partition coefficient (Wildman–Crippen LogP) is 22.5. The maximum Gasteiger partial charge on any atom is 0.306 e. The van der Waals surface area contributed by atoms with Gasteiger partial charge >= 0.3 is 17.9 Å². The number of esters is 3. The summed E-state index contributed by atoms with van der Waals surface area (Å²) in [5, 5.41) is 0. The number of hydrogen-bond donors (Lipinski definition) is 0. The van der Waals surface area contributed by atoms with E-state index in [-0.39, 0.29) is 31.1 Å². The Bertz CT molecular complexity index is 1400. The van der Waals surface area contributed by atoms with Crippen LogP contribution < -0.4 is 0 Å². The minimum atomic E-state index is -0.789. The summed E-state index contributed by atoms with van der Waals surface area (Å²) in [7, 11) is 0. The summed E-state index contributed by atoms with van der Waals surface area (Å²) in [5.41, 5.74) is 0. The van der Waals surface area contributed by atoms with Gasteiger partial charge in [0.15, 0.2) is 6.10 Å². The number of carbonyl (C=O) groups excluding carboxylic acids is 3. The van der Waals surface area contributed by atoms with E-state index in [2.05, 4.69) is 93.7 Å².